The summed E-state index contributed by atoms with van der Waals surface area (Å²) in [5.41, 5.74) is -0.676. The smallest absolute Gasteiger partial charge is 0.497 e. The maximum atomic E-state index is 13.4. The number of carbonyl (C=O) groups is 3. The number of carbonyl (C=O) groups excluding carboxylic acids is 3. The van der Waals surface area contributed by atoms with Crippen molar-refractivity contribution >= 4 is 18.3 Å². The van der Waals surface area contributed by atoms with Gasteiger partial charge in [-0.15, -0.1) is 0 Å². The van der Waals surface area contributed by atoms with Gasteiger partial charge in [0.2, 0.25) is 0 Å². The van der Waals surface area contributed by atoms with E-state index in [4.69, 9.17) is 23.7 Å². The number of likely N-dealkylation sites (tertiary alicyclic amines) is 1. The first kappa shape index (κ1) is 35.0. The van der Waals surface area contributed by atoms with Gasteiger partial charge in [0, 0.05) is 6.54 Å². The summed E-state index contributed by atoms with van der Waals surface area (Å²) in [6.07, 6.45) is -2.05. The highest BCUT2D eigenvalue weighted by Crippen LogP contribution is 2.30. The zero-order chi connectivity index (χ0) is 31.5. The van der Waals surface area contributed by atoms with Crippen LogP contribution in [0.1, 0.15) is 73.8 Å². The number of methoxy groups -OCH3 is 1. The van der Waals surface area contributed by atoms with E-state index in [2.05, 4.69) is 24.1 Å². The molecule has 1 aromatic carbocycles. The van der Waals surface area contributed by atoms with Gasteiger partial charge in [-0.25, -0.2) is 14.4 Å². The fourth-order valence-electron chi connectivity index (χ4n) is 4.63. The number of hydrogen-bond donors (Lipinski definition) is 1. The van der Waals surface area contributed by atoms with Crippen molar-refractivity contribution in [2.75, 3.05) is 39.8 Å². The van der Waals surface area contributed by atoms with Crippen LogP contribution in [0.15, 0.2) is 24.3 Å². The minimum atomic E-state index is -0.970. The van der Waals surface area contributed by atoms with E-state index in [1.165, 1.54) is 4.90 Å². The van der Waals surface area contributed by atoms with Crippen LogP contribution in [0.4, 0.5) is 14.4 Å². The minimum absolute atomic E-state index is 0.0310. The maximum Gasteiger partial charge on any atom is 0.509 e. The van der Waals surface area contributed by atoms with Gasteiger partial charge in [-0.05, 0) is 98.1 Å². The van der Waals surface area contributed by atoms with Crippen molar-refractivity contribution in [2.45, 2.75) is 104 Å². The molecule has 2 rings (SSSR count). The highest BCUT2D eigenvalue weighted by Gasteiger charge is 2.50. The first-order chi connectivity index (χ1) is 19.7. The molecule has 1 saturated heterocycles. The van der Waals surface area contributed by atoms with Gasteiger partial charge in [0.1, 0.15) is 17.0 Å². The zero-order valence-electron chi connectivity index (χ0n) is 26.9. The standard InChI is InChI=1S/C31H51N3O8/c1-10-33(11-2)19-13-12-18-32-27(35)40-26-24(20-22-14-16-23(38-9)17-15-22)34(28(36)41-30(3,4)5)21-25(26)39-29(37)42-31(6,7)8/h14-17,24-26H,10-13,18-21H2,1-9H3,(H,32,35)/t24-,25+,26+/m1/s1. The van der Waals surface area contributed by atoms with Crippen LogP contribution in [0.5, 0.6) is 5.75 Å². The van der Waals surface area contributed by atoms with Crippen molar-refractivity contribution < 1.29 is 38.1 Å². The summed E-state index contributed by atoms with van der Waals surface area (Å²) in [6.45, 7) is 18.1. The van der Waals surface area contributed by atoms with Crippen LogP contribution in [-0.4, -0.2) is 97.4 Å². The van der Waals surface area contributed by atoms with E-state index in [0.29, 0.717) is 18.7 Å². The molecule has 0 saturated carbocycles. The number of unbranched alkanes of at least 4 members (excludes halogenated alkanes) is 1. The van der Waals surface area contributed by atoms with E-state index in [-0.39, 0.29) is 6.54 Å². The molecular formula is C31H51N3O8. The Kier molecular flexibility index (Phi) is 13.2. The summed E-state index contributed by atoms with van der Waals surface area (Å²) in [6, 6.07) is 6.71. The highest BCUT2D eigenvalue weighted by atomic mass is 16.7. The molecule has 1 N–H and O–H groups in total. The van der Waals surface area contributed by atoms with E-state index >= 15 is 0 Å². The lowest BCUT2D eigenvalue weighted by Crippen LogP contribution is -2.46. The normalized spacial score (nSPS) is 18.9. The topological polar surface area (TPSA) is 116 Å². The molecule has 0 unspecified atom stereocenters. The number of ether oxygens (including phenoxy) is 5. The first-order valence-corrected chi connectivity index (χ1v) is 14.8. The first-order valence-electron chi connectivity index (χ1n) is 14.8. The average molecular weight is 594 g/mol. The third-order valence-electron chi connectivity index (χ3n) is 6.70. The van der Waals surface area contributed by atoms with Crippen LogP contribution in [0.3, 0.4) is 0 Å². The van der Waals surface area contributed by atoms with Crippen molar-refractivity contribution in [2.24, 2.45) is 0 Å². The fraction of sp³-hybridized carbons (Fsp3) is 0.710. The van der Waals surface area contributed by atoms with Crippen LogP contribution >= 0.6 is 0 Å². The number of alkyl carbamates (subject to hydrolysis) is 1. The number of nitrogens with one attached hydrogen (secondary N) is 1. The fourth-order valence-corrected chi connectivity index (χ4v) is 4.63. The largest absolute Gasteiger partial charge is 0.509 e. The summed E-state index contributed by atoms with van der Waals surface area (Å²) in [5.74, 6) is 0.688. The quantitative estimate of drug-likeness (QED) is 0.193. The Hall–Kier alpha value is -3.21. The van der Waals surface area contributed by atoms with E-state index in [1.54, 1.807) is 48.7 Å². The average Bonchev–Trinajstić information content (AvgIpc) is 3.20. The Morgan fingerprint density at radius 2 is 1.55 bits per heavy atom. The number of amides is 2. The van der Waals surface area contributed by atoms with Crippen molar-refractivity contribution in [1.82, 2.24) is 15.1 Å². The number of rotatable bonds is 12. The third-order valence-corrected chi connectivity index (χ3v) is 6.70. The Bertz CT molecular complexity index is 999. The minimum Gasteiger partial charge on any atom is -0.497 e. The van der Waals surface area contributed by atoms with Crippen LogP contribution in [0, 0.1) is 0 Å². The molecule has 1 aliphatic rings. The third kappa shape index (κ3) is 12.0. The van der Waals surface area contributed by atoms with Crippen LogP contribution < -0.4 is 10.1 Å². The molecule has 1 heterocycles. The van der Waals surface area contributed by atoms with Gasteiger partial charge in [-0.1, -0.05) is 26.0 Å². The summed E-state index contributed by atoms with van der Waals surface area (Å²) in [5, 5.41) is 2.81. The van der Waals surface area contributed by atoms with E-state index in [1.807, 2.05) is 24.3 Å². The monoisotopic (exact) mass is 593 g/mol. The molecular weight excluding hydrogens is 542 g/mol. The predicted octanol–water partition coefficient (Wildman–Crippen LogP) is 5.39. The lowest BCUT2D eigenvalue weighted by Gasteiger charge is -2.30. The van der Waals surface area contributed by atoms with E-state index in [0.717, 1.165) is 38.0 Å². The summed E-state index contributed by atoms with van der Waals surface area (Å²) in [7, 11) is 1.58. The molecule has 2 amide bonds. The Morgan fingerprint density at radius 1 is 0.929 bits per heavy atom. The Balaban J connectivity index is 2.27. The molecule has 0 aromatic heterocycles. The van der Waals surface area contributed by atoms with E-state index in [9.17, 15) is 14.4 Å². The maximum absolute atomic E-state index is 13.4. The highest BCUT2D eigenvalue weighted by molar-refractivity contribution is 5.71. The van der Waals surface area contributed by atoms with Gasteiger partial charge in [0.05, 0.1) is 19.7 Å². The van der Waals surface area contributed by atoms with Gasteiger partial charge in [-0.2, -0.15) is 0 Å². The zero-order valence-corrected chi connectivity index (χ0v) is 26.9. The second-order valence-electron chi connectivity index (χ2n) is 12.4. The molecule has 42 heavy (non-hydrogen) atoms. The Labute approximate surface area is 251 Å². The molecule has 11 nitrogen and oxygen atoms in total. The summed E-state index contributed by atoms with van der Waals surface area (Å²) < 4.78 is 27.9. The van der Waals surface area contributed by atoms with Gasteiger partial charge in [0.25, 0.3) is 0 Å². The number of benzene rings is 1. The molecule has 1 aromatic rings. The Morgan fingerprint density at radius 3 is 2.10 bits per heavy atom. The molecule has 11 heteroatoms. The molecule has 0 radical (unpaired) electrons. The molecule has 1 aliphatic heterocycles. The molecule has 238 valence electrons. The van der Waals surface area contributed by atoms with Gasteiger partial charge < -0.3 is 33.9 Å². The molecule has 1 fully saturated rings. The lowest BCUT2D eigenvalue weighted by atomic mass is 10.0. The van der Waals surface area contributed by atoms with Crippen LogP contribution in [0.2, 0.25) is 0 Å². The number of hydrogen-bond acceptors (Lipinski definition) is 9. The van der Waals surface area contributed by atoms with Crippen molar-refractivity contribution in [3.05, 3.63) is 29.8 Å². The van der Waals surface area contributed by atoms with Crippen molar-refractivity contribution in [1.29, 1.82) is 0 Å². The van der Waals surface area contributed by atoms with E-state index < -0.39 is 47.8 Å². The molecule has 0 aliphatic carbocycles. The van der Waals surface area contributed by atoms with Gasteiger partial charge in [0.15, 0.2) is 12.2 Å². The van der Waals surface area contributed by atoms with Crippen LogP contribution in [-0.2, 0) is 25.4 Å². The van der Waals surface area contributed by atoms with Gasteiger partial charge >= 0.3 is 18.3 Å². The molecule has 3 atom stereocenters. The second-order valence-corrected chi connectivity index (χ2v) is 12.4. The van der Waals surface area contributed by atoms with Crippen molar-refractivity contribution in [3.8, 4) is 5.75 Å². The second kappa shape index (κ2) is 15.9. The molecule has 0 bridgehead atoms. The summed E-state index contributed by atoms with van der Waals surface area (Å²) in [4.78, 5) is 42.8. The lowest BCUT2D eigenvalue weighted by molar-refractivity contribution is -0.0517. The summed E-state index contributed by atoms with van der Waals surface area (Å²) >= 11 is 0. The SMILES string of the molecule is CCN(CC)CCCCNC(=O)O[C@@H]1[C@@H](OC(=O)OC(C)(C)C)CN(C(=O)OC(C)(C)C)[C@@H]1Cc1ccc(OC)cc1. The molecule has 0 spiro atoms. The van der Waals surface area contributed by atoms with Crippen molar-refractivity contribution in [3.63, 3.8) is 0 Å². The van der Waals surface area contributed by atoms with Gasteiger partial charge in [-0.3, -0.25) is 4.90 Å². The predicted molar refractivity (Wildman–Crippen MR) is 160 cm³/mol. The number of nitrogens with zero attached hydrogens (tertiary/aromatic N) is 2. The van der Waals surface area contributed by atoms with Crippen LogP contribution in [0.25, 0.3) is 0 Å².